The molecular weight excluding hydrogens is 126 g/mol. The van der Waals surface area contributed by atoms with E-state index in [2.05, 4.69) is 6.08 Å². The molecule has 10 heavy (non-hydrogen) atoms. The molecule has 0 bridgehead atoms. The Hall–Kier alpha value is -0.760. The highest BCUT2D eigenvalue weighted by atomic mass is 16.5. The van der Waals surface area contributed by atoms with Crippen LogP contribution in [-0.2, 0) is 4.74 Å². The van der Waals surface area contributed by atoms with Crippen LogP contribution in [0.15, 0.2) is 23.5 Å². The SMILES string of the molecule is NC1COC2=C1CCC=C2. The van der Waals surface area contributed by atoms with Crippen LogP contribution in [0, 0.1) is 0 Å². The smallest absolute Gasteiger partial charge is 0.119 e. The number of nitrogens with two attached hydrogens (primary N) is 1. The van der Waals surface area contributed by atoms with Crippen molar-refractivity contribution < 1.29 is 4.74 Å². The molecule has 0 radical (unpaired) electrons. The van der Waals surface area contributed by atoms with Crippen molar-refractivity contribution in [3.63, 3.8) is 0 Å². The molecule has 0 saturated carbocycles. The zero-order valence-electron chi connectivity index (χ0n) is 5.84. The largest absolute Gasteiger partial charge is 0.492 e. The fourth-order valence-corrected chi connectivity index (χ4v) is 1.45. The molecule has 0 fully saturated rings. The fraction of sp³-hybridized carbons (Fsp3) is 0.500. The van der Waals surface area contributed by atoms with Gasteiger partial charge in [-0.15, -0.1) is 0 Å². The molecule has 1 heterocycles. The van der Waals surface area contributed by atoms with E-state index < -0.39 is 0 Å². The van der Waals surface area contributed by atoms with Crippen molar-refractivity contribution in [3.05, 3.63) is 23.5 Å². The van der Waals surface area contributed by atoms with Gasteiger partial charge in [0.25, 0.3) is 0 Å². The minimum absolute atomic E-state index is 0.167. The zero-order valence-corrected chi connectivity index (χ0v) is 5.84. The first kappa shape index (κ1) is 5.98. The van der Waals surface area contributed by atoms with Gasteiger partial charge in [-0.1, -0.05) is 6.08 Å². The van der Waals surface area contributed by atoms with Crippen molar-refractivity contribution in [1.29, 1.82) is 0 Å². The van der Waals surface area contributed by atoms with E-state index >= 15 is 0 Å². The lowest BCUT2D eigenvalue weighted by atomic mass is 10.00. The summed E-state index contributed by atoms with van der Waals surface area (Å²) in [6.45, 7) is 0.676. The predicted molar refractivity (Wildman–Crippen MR) is 39.3 cm³/mol. The predicted octanol–water partition coefficient (Wildman–Crippen LogP) is 0.948. The lowest BCUT2D eigenvalue weighted by molar-refractivity contribution is 0.247. The molecule has 2 rings (SSSR count). The Kier molecular flexibility index (Phi) is 1.27. The van der Waals surface area contributed by atoms with Gasteiger partial charge in [0.05, 0.1) is 6.04 Å². The van der Waals surface area contributed by atoms with E-state index in [-0.39, 0.29) is 6.04 Å². The van der Waals surface area contributed by atoms with E-state index in [1.807, 2.05) is 6.08 Å². The lowest BCUT2D eigenvalue weighted by Gasteiger charge is -2.07. The van der Waals surface area contributed by atoms with Gasteiger partial charge in [-0.05, 0) is 24.5 Å². The Morgan fingerprint density at radius 3 is 3.30 bits per heavy atom. The Morgan fingerprint density at radius 2 is 2.50 bits per heavy atom. The maximum absolute atomic E-state index is 5.77. The molecule has 2 heteroatoms. The zero-order chi connectivity index (χ0) is 6.97. The Bertz CT molecular complexity index is 205. The van der Waals surface area contributed by atoms with Crippen LogP contribution in [0.1, 0.15) is 12.8 Å². The molecule has 54 valence electrons. The van der Waals surface area contributed by atoms with Gasteiger partial charge in [-0.25, -0.2) is 0 Å². The van der Waals surface area contributed by atoms with Crippen LogP contribution in [0.25, 0.3) is 0 Å². The average Bonchev–Trinajstić information content (AvgIpc) is 2.34. The van der Waals surface area contributed by atoms with Gasteiger partial charge in [0.15, 0.2) is 0 Å². The monoisotopic (exact) mass is 137 g/mol. The number of hydrogen-bond donors (Lipinski definition) is 1. The summed E-state index contributed by atoms with van der Waals surface area (Å²) in [7, 11) is 0. The molecule has 1 atom stereocenters. The Balaban J connectivity index is 2.29. The number of rotatable bonds is 0. The highest BCUT2D eigenvalue weighted by Crippen LogP contribution is 2.27. The molecule has 0 amide bonds. The second-order valence-electron chi connectivity index (χ2n) is 2.75. The Morgan fingerprint density at radius 1 is 1.60 bits per heavy atom. The summed E-state index contributed by atoms with van der Waals surface area (Å²) < 4.78 is 5.34. The van der Waals surface area contributed by atoms with Gasteiger partial charge in [0.1, 0.15) is 12.4 Å². The van der Waals surface area contributed by atoms with E-state index in [4.69, 9.17) is 10.5 Å². The van der Waals surface area contributed by atoms with Crippen LogP contribution in [-0.4, -0.2) is 12.6 Å². The normalized spacial score (nSPS) is 30.3. The number of ether oxygens (including phenoxy) is 1. The third-order valence-corrected chi connectivity index (χ3v) is 2.03. The molecule has 0 spiro atoms. The van der Waals surface area contributed by atoms with E-state index in [1.165, 1.54) is 5.57 Å². The van der Waals surface area contributed by atoms with Crippen LogP contribution in [0.5, 0.6) is 0 Å². The standard InChI is InChI=1S/C8H11NO/c9-7-5-10-8-4-2-1-3-6(7)8/h2,4,7H,1,3,5,9H2. The fourth-order valence-electron chi connectivity index (χ4n) is 1.45. The summed E-state index contributed by atoms with van der Waals surface area (Å²) in [5, 5.41) is 0. The van der Waals surface area contributed by atoms with Gasteiger partial charge in [0, 0.05) is 0 Å². The molecule has 0 aromatic carbocycles. The molecular formula is C8H11NO. The van der Waals surface area contributed by atoms with Gasteiger partial charge >= 0.3 is 0 Å². The summed E-state index contributed by atoms with van der Waals surface area (Å²) in [5.74, 6) is 1.03. The molecule has 2 N–H and O–H groups in total. The molecule has 1 aliphatic carbocycles. The third kappa shape index (κ3) is 0.762. The van der Waals surface area contributed by atoms with Crippen LogP contribution in [0.3, 0.4) is 0 Å². The topological polar surface area (TPSA) is 35.2 Å². The molecule has 1 unspecified atom stereocenters. The summed E-state index contributed by atoms with van der Waals surface area (Å²) >= 11 is 0. The second kappa shape index (κ2) is 2.13. The molecule has 2 aliphatic rings. The minimum Gasteiger partial charge on any atom is -0.492 e. The summed E-state index contributed by atoms with van der Waals surface area (Å²) in [6.07, 6.45) is 6.38. The molecule has 2 nitrogen and oxygen atoms in total. The highest BCUT2D eigenvalue weighted by molar-refractivity contribution is 5.31. The summed E-state index contributed by atoms with van der Waals surface area (Å²) in [5.41, 5.74) is 7.08. The highest BCUT2D eigenvalue weighted by Gasteiger charge is 2.23. The third-order valence-electron chi connectivity index (χ3n) is 2.03. The molecule has 0 aromatic heterocycles. The van der Waals surface area contributed by atoms with Crippen molar-refractivity contribution in [2.24, 2.45) is 5.73 Å². The van der Waals surface area contributed by atoms with E-state index in [9.17, 15) is 0 Å². The van der Waals surface area contributed by atoms with E-state index in [0.717, 1.165) is 18.6 Å². The minimum atomic E-state index is 0.167. The van der Waals surface area contributed by atoms with Crippen molar-refractivity contribution in [3.8, 4) is 0 Å². The second-order valence-corrected chi connectivity index (χ2v) is 2.75. The quantitative estimate of drug-likeness (QED) is 0.539. The summed E-state index contributed by atoms with van der Waals surface area (Å²) in [4.78, 5) is 0. The van der Waals surface area contributed by atoms with Gasteiger partial charge in [-0.2, -0.15) is 0 Å². The van der Waals surface area contributed by atoms with Crippen LogP contribution in [0.4, 0.5) is 0 Å². The lowest BCUT2D eigenvalue weighted by Crippen LogP contribution is -2.23. The van der Waals surface area contributed by atoms with Crippen molar-refractivity contribution in [2.75, 3.05) is 6.61 Å². The van der Waals surface area contributed by atoms with E-state index in [1.54, 1.807) is 0 Å². The van der Waals surface area contributed by atoms with Crippen LogP contribution >= 0.6 is 0 Å². The maximum atomic E-state index is 5.77. The van der Waals surface area contributed by atoms with Crippen LogP contribution < -0.4 is 5.73 Å². The first-order valence-electron chi connectivity index (χ1n) is 3.66. The summed E-state index contributed by atoms with van der Waals surface area (Å²) in [6, 6.07) is 0.167. The van der Waals surface area contributed by atoms with Gasteiger partial charge < -0.3 is 10.5 Å². The Labute approximate surface area is 60.4 Å². The van der Waals surface area contributed by atoms with E-state index in [0.29, 0.717) is 6.61 Å². The first-order chi connectivity index (χ1) is 4.88. The first-order valence-corrected chi connectivity index (χ1v) is 3.66. The molecule has 1 aliphatic heterocycles. The number of hydrogen-bond acceptors (Lipinski definition) is 2. The van der Waals surface area contributed by atoms with Gasteiger partial charge in [-0.3, -0.25) is 0 Å². The van der Waals surface area contributed by atoms with Crippen molar-refractivity contribution >= 4 is 0 Å². The van der Waals surface area contributed by atoms with Crippen molar-refractivity contribution in [2.45, 2.75) is 18.9 Å². The van der Waals surface area contributed by atoms with Crippen LogP contribution in [0.2, 0.25) is 0 Å². The maximum Gasteiger partial charge on any atom is 0.119 e. The molecule has 0 aromatic rings. The average molecular weight is 137 g/mol. The molecule has 0 saturated heterocycles. The number of allylic oxidation sites excluding steroid dienone is 2. The van der Waals surface area contributed by atoms with Gasteiger partial charge in [0.2, 0.25) is 0 Å². The van der Waals surface area contributed by atoms with Crippen molar-refractivity contribution in [1.82, 2.24) is 0 Å².